The number of rotatable bonds is 3. The van der Waals surface area contributed by atoms with Crippen molar-refractivity contribution >= 4 is 24.8 Å². The summed E-state index contributed by atoms with van der Waals surface area (Å²) < 4.78 is 5.49. The van der Waals surface area contributed by atoms with Gasteiger partial charge in [0.15, 0.2) is 0 Å². The molecule has 2 N–H and O–H groups in total. The summed E-state index contributed by atoms with van der Waals surface area (Å²) in [5, 5.41) is 0. The lowest BCUT2D eigenvalue weighted by Crippen LogP contribution is -2.52. The van der Waals surface area contributed by atoms with E-state index in [1.165, 1.54) is 0 Å². The Bertz CT molecular complexity index is 495. The largest absolute Gasteiger partial charge is 0.496 e. The Hall–Kier alpha value is -0.550. The van der Waals surface area contributed by atoms with Gasteiger partial charge < -0.3 is 10.5 Å². The fourth-order valence-electron chi connectivity index (χ4n) is 3.06. The average molecular weight is 350 g/mol. The molecule has 0 aliphatic carbocycles. The van der Waals surface area contributed by atoms with E-state index in [1.54, 1.807) is 7.11 Å². The molecule has 2 heterocycles. The highest BCUT2D eigenvalue weighted by Crippen LogP contribution is 2.30. The first-order valence-corrected chi connectivity index (χ1v) is 7.32. The molecule has 1 unspecified atom stereocenters. The average Bonchev–Trinajstić information content (AvgIpc) is 2.38. The molecule has 22 heavy (non-hydrogen) atoms. The first kappa shape index (κ1) is 21.4. The number of nitrogens with two attached hydrogens (primary N) is 1. The Morgan fingerprint density at radius 2 is 2.00 bits per heavy atom. The summed E-state index contributed by atoms with van der Waals surface area (Å²) in [5.74, 6) is 0.961. The number of pyridine rings is 1. The number of ether oxygens (including phenoxy) is 1. The molecule has 1 aromatic heterocycles. The van der Waals surface area contributed by atoms with Gasteiger partial charge in [-0.15, -0.1) is 24.8 Å². The summed E-state index contributed by atoms with van der Waals surface area (Å²) in [7, 11) is 1.72. The van der Waals surface area contributed by atoms with Crippen LogP contribution in [-0.4, -0.2) is 36.1 Å². The normalized spacial score (nSPS) is 20.7. The fourth-order valence-corrected chi connectivity index (χ4v) is 3.06. The Kier molecular flexibility index (Phi) is 8.14. The molecule has 1 aliphatic rings. The van der Waals surface area contributed by atoms with E-state index in [0.717, 1.165) is 48.6 Å². The van der Waals surface area contributed by atoms with E-state index in [-0.39, 0.29) is 30.2 Å². The molecule has 0 saturated carbocycles. The van der Waals surface area contributed by atoms with Gasteiger partial charge in [0.2, 0.25) is 0 Å². The number of methoxy groups -OCH3 is 1. The van der Waals surface area contributed by atoms with Gasteiger partial charge in [-0.1, -0.05) is 13.8 Å². The van der Waals surface area contributed by atoms with Crippen LogP contribution in [0.5, 0.6) is 5.75 Å². The molecule has 1 fully saturated rings. The highest BCUT2D eigenvalue weighted by molar-refractivity contribution is 5.85. The van der Waals surface area contributed by atoms with Crippen LogP contribution >= 0.6 is 24.8 Å². The fraction of sp³-hybridized carbons (Fsp3) is 0.688. The summed E-state index contributed by atoms with van der Waals surface area (Å²) in [6, 6.07) is 0.292. The Morgan fingerprint density at radius 3 is 2.55 bits per heavy atom. The molecule has 0 amide bonds. The van der Waals surface area contributed by atoms with Gasteiger partial charge in [0, 0.05) is 43.0 Å². The first-order chi connectivity index (χ1) is 9.35. The van der Waals surface area contributed by atoms with Crippen LogP contribution in [0.1, 0.15) is 37.1 Å². The number of aryl methyl sites for hydroxylation is 1. The van der Waals surface area contributed by atoms with E-state index in [2.05, 4.69) is 30.7 Å². The second-order valence-corrected chi connectivity index (χ2v) is 6.64. The quantitative estimate of drug-likeness (QED) is 0.910. The van der Waals surface area contributed by atoms with Gasteiger partial charge in [-0.05, 0) is 25.7 Å². The second kappa shape index (κ2) is 8.34. The lowest BCUT2D eigenvalue weighted by molar-refractivity contribution is 0.0887. The van der Waals surface area contributed by atoms with Crippen molar-refractivity contribution in [1.29, 1.82) is 0 Å². The molecule has 1 atom stereocenters. The van der Waals surface area contributed by atoms with Crippen molar-refractivity contribution in [2.24, 2.45) is 11.1 Å². The van der Waals surface area contributed by atoms with Crippen molar-refractivity contribution in [1.82, 2.24) is 9.88 Å². The molecule has 1 saturated heterocycles. The molecule has 4 nitrogen and oxygen atoms in total. The van der Waals surface area contributed by atoms with Crippen molar-refractivity contribution in [3.05, 3.63) is 23.0 Å². The number of likely N-dealkylation sites (tertiary alicyclic amines) is 1. The van der Waals surface area contributed by atoms with E-state index < -0.39 is 0 Å². The molecule has 2 rings (SSSR count). The van der Waals surface area contributed by atoms with Crippen LogP contribution in [0.15, 0.2) is 6.20 Å². The maximum atomic E-state index is 6.20. The van der Waals surface area contributed by atoms with Crippen LogP contribution in [0.25, 0.3) is 0 Å². The topological polar surface area (TPSA) is 51.4 Å². The Balaban J connectivity index is 0.00000220. The first-order valence-electron chi connectivity index (χ1n) is 7.32. The predicted molar refractivity (Wildman–Crippen MR) is 96.4 cm³/mol. The highest BCUT2D eigenvalue weighted by Gasteiger charge is 2.33. The van der Waals surface area contributed by atoms with E-state index >= 15 is 0 Å². The minimum atomic E-state index is 0. The Morgan fingerprint density at radius 1 is 1.36 bits per heavy atom. The smallest absolute Gasteiger partial charge is 0.128 e. The van der Waals surface area contributed by atoms with Gasteiger partial charge in [0.25, 0.3) is 0 Å². The number of aromatic nitrogens is 1. The maximum Gasteiger partial charge on any atom is 0.128 e. The van der Waals surface area contributed by atoms with Gasteiger partial charge in [-0.3, -0.25) is 9.88 Å². The van der Waals surface area contributed by atoms with Gasteiger partial charge in [0.05, 0.1) is 12.8 Å². The van der Waals surface area contributed by atoms with Crippen LogP contribution in [-0.2, 0) is 6.54 Å². The third kappa shape index (κ3) is 4.48. The highest BCUT2D eigenvalue weighted by atomic mass is 35.5. The molecular formula is C16H29Cl2N3O. The van der Waals surface area contributed by atoms with E-state index in [4.69, 9.17) is 10.5 Å². The molecule has 0 radical (unpaired) electrons. The number of piperidine rings is 1. The van der Waals surface area contributed by atoms with Gasteiger partial charge in [-0.25, -0.2) is 0 Å². The summed E-state index contributed by atoms with van der Waals surface area (Å²) in [5.41, 5.74) is 9.72. The van der Waals surface area contributed by atoms with E-state index in [9.17, 15) is 0 Å². The minimum Gasteiger partial charge on any atom is -0.496 e. The van der Waals surface area contributed by atoms with Crippen molar-refractivity contribution in [3.63, 3.8) is 0 Å². The van der Waals surface area contributed by atoms with Crippen molar-refractivity contribution in [2.75, 3.05) is 20.2 Å². The molecule has 0 spiro atoms. The maximum absolute atomic E-state index is 6.20. The van der Waals surface area contributed by atoms with Crippen LogP contribution in [0.3, 0.4) is 0 Å². The molecule has 1 aromatic rings. The van der Waals surface area contributed by atoms with Crippen molar-refractivity contribution < 1.29 is 4.74 Å². The summed E-state index contributed by atoms with van der Waals surface area (Å²) in [6.45, 7) is 11.6. The SMILES string of the molecule is COc1c(C)cnc(CN2CCC(N)C(C)(C)C2)c1C.Cl.Cl. The van der Waals surface area contributed by atoms with Crippen LogP contribution in [0.4, 0.5) is 0 Å². The molecule has 0 bridgehead atoms. The van der Waals surface area contributed by atoms with Gasteiger partial charge in [-0.2, -0.15) is 0 Å². The third-order valence-corrected chi connectivity index (χ3v) is 4.51. The molecule has 1 aliphatic heterocycles. The van der Waals surface area contributed by atoms with Gasteiger partial charge >= 0.3 is 0 Å². The van der Waals surface area contributed by atoms with Crippen molar-refractivity contribution in [3.8, 4) is 5.75 Å². The second-order valence-electron chi connectivity index (χ2n) is 6.64. The number of halogens is 2. The van der Waals surface area contributed by atoms with Crippen molar-refractivity contribution in [2.45, 2.75) is 46.7 Å². The third-order valence-electron chi connectivity index (χ3n) is 4.51. The Labute approximate surface area is 146 Å². The summed E-state index contributed by atoms with van der Waals surface area (Å²) in [4.78, 5) is 7.05. The summed E-state index contributed by atoms with van der Waals surface area (Å²) in [6.07, 6.45) is 2.96. The lowest BCUT2D eigenvalue weighted by atomic mass is 9.79. The molecule has 6 heteroatoms. The van der Waals surface area contributed by atoms with E-state index in [1.807, 2.05) is 13.1 Å². The lowest BCUT2D eigenvalue weighted by Gasteiger charge is -2.42. The number of nitrogens with zero attached hydrogens (tertiary/aromatic N) is 2. The van der Waals surface area contributed by atoms with E-state index in [0.29, 0.717) is 6.04 Å². The van der Waals surface area contributed by atoms with Crippen LogP contribution in [0.2, 0.25) is 0 Å². The van der Waals surface area contributed by atoms with Gasteiger partial charge in [0.1, 0.15) is 5.75 Å². The molecule has 128 valence electrons. The zero-order chi connectivity index (χ0) is 14.9. The van der Waals surface area contributed by atoms with Crippen LogP contribution < -0.4 is 10.5 Å². The minimum absolute atomic E-state index is 0. The van der Waals surface area contributed by atoms with Crippen LogP contribution in [0, 0.1) is 19.3 Å². The standard InChI is InChI=1S/C16H27N3O.2ClH/c1-11-8-18-13(12(2)15(11)20-5)9-19-7-6-14(17)16(3,4)10-19;;/h8,14H,6-7,9-10,17H2,1-5H3;2*1H. The number of hydrogen-bond acceptors (Lipinski definition) is 4. The zero-order valence-electron chi connectivity index (χ0n) is 14.2. The monoisotopic (exact) mass is 349 g/mol. The predicted octanol–water partition coefficient (Wildman–Crippen LogP) is 3.11. The molecular weight excluding hydrogens is 321 g/mol. The number of hydrogen-bond donors (Lipinski definition) is 1. The summed E-state index contributed by atoms with van der Waals surface area (Å²) >= 11 is 0. The molecule has 0 aromatic carbocycles. The zero-order valence-corrected chi connectivity index (χ0v) is 15.8.